The third-order valence-corrected chi connectivity index (χ3v) is 5.11. The van der Waals surface area contributed by atoms with E-state index in [9.17, 15) is 13.6 Å². The molecule has 0 amide bonds. The van der Waals surface area contributed by atoms with Crippen LogP contribution in [0.4, 0.5) is 14.5 Å². The van der Waals surface area contributed by atoms with Gasteiger partial charge in [-0.1, -0.05) is 30.3 Å². The first-order chi connectivity index (χ1) is 12.8. The molecule has 2 aliphatic carbocycles. The Morgan fingerprint density at radius 1 is 1.19 bits per heavy atom. The molecule has 0 radical (unpaired) electrons. The lowest BCUT2D eigenvalue weighted by Crippen LogP contribution is -2.40. The zero-order valence-corrected chi connectivity index (χ0v) is 15.7. The number of carboxylic acid groups (broad SMARTS) is 1. The van der Waals surface area contributed by atoms with Gasteiger partial charge in [-0.3, -0.25) is 4.79 Å². The Balaban J connectivity index is 2.03. The van der Waals surface area contributed by atoms with Crippen LogP contribution in [0.2, 0.25) is 0 Å². The number of hydrogen-bond donors (Lipinski definition) is 2. The zero-order chi connectivity index (χ0) is 19.7. The number of carboxylic acids is 1. The normalized spacial score (nSPS) is 15.0. The van der Waals surface area contributed by atoms with Gasteiger partial charge >= 0.3 is 5.97 Å². The lowest BCUT2D eigenvalue weighted by atomic mass is 9.76. The number of fused-ring (bicyclic) bond motifs is 2. The highest BCUT2D eigenvalue weighted by atomic mass is 19.2. The van der Waals surface area contributed by atoms with Crippen LogP contribution in [0.3, 0.4) is 0 Å². The second-order valence-electron chi connectivity index (χ2n) is 7.13. The van der Waals surface area contributed by atoms with Crippen molar-refractivity contribution in [3.8, 4) is 11.1 Å². The number of carbonyl (C=O) groups is 1. The summed E-state index contributed by atoms with van der Waals surface area (Å²) in [5, 5.41) is 12.0. The van der Waals surface area contributed by atoms with Gasteiger partial charge in [0.15, 0.2) is 11.6 Å². The fourth-order valence-electron chi connectivity index (χ4n) is 3.54. The first-order valence-corrected chi connectivity index (χ1v) is 9.12. The van der Waals surface area contributed by atoms with Crippen LogP contribution in [0.1, 0.15) is 43.9 Å². The molecule has 2 bridgehead atoms. The van der Waals surface area contributed by atoms with Gasteiger partial charge in [-0.05, 0) is 32.4 Å². The number of aliphatic carboxylic acids is 1. The van der Waals surface area contributed by atoms with E-state index in [1.54, 1.807) is 24.3 Å². The monoisotopic (exact) mass is 374 g/mol. The maximum absolute atomic E-state index is 15.0. The molecule has 0 aliphatic heterocycles. The van der Waals surface area contributed by atoms with Crippen molar-refractivity contribution in [2.45, 2.75) is 38.8 Å². The maximum Gasteiger partial charge on any atom is 0.303 e. The number of hydrogen-bond acceptors (Lipinski definition) is 3. The fourth-order valence-corrected chi connectivity index (χ4v) is 3.54. The molecular weight excluding hydrogens is 350 g/mol. The number of halogens is 2. The SMILES string of the molecule is CC(C)N(C)c1c2c(F)c(F)c(-c3ccccc3)c1C2NCCCC(=O)O. The molecule has 0 fully saturated rings. The third-order valence-electron chi connectivity index (χ3n) is 5.11. The summed E-state index contributed by atoms with van der Waals surface area (Å²) in [7, 11) is 1.87. The molecule has 0 aromatic heterocycles. The van der Waals surface area contributed by atoms with Crippen molar-refractivity contribution < 1.29 is 18.7 Å². The van der Waals surface area contributed by atoms with E-state index in [-0.39, 0.29) is 18.0 Å². The van der Waals surface area contributed by atoms with E-state index in [2.05, 4.69) is 5.32 Å². The molecule has 0 heterocycles. The maximum atomic E-state index is 15.0. The number of rotatable bonds is 8. The highest BCUT2D eigenvalue weighted by molar-refractivity contribution is 5.86. The molecular formula is C21H24F2N2O2. The van der Waals surface area contributed by atoms with Crippen LogP contribution in [0.25, 0.3) is 11.1 Å². The zero-order valence-electron chi connectivity index (χ0n) is 15.7. The van der Waals surface area contributed by atoms with Crippen LogP contribution in [-0.4, -0.2) is 30.7 Å². The highest BCUT2D eigenvalue weighted by Gasteiger charge is 2.43. The predicted molar refractivity (Wildman–Crippen MR) is 102 cm³/mol. The molecule has 1 atom stereocenters. The second-order valence-corrected chi connectivity index (χ2v) is 7.13. The summed E-state index contributed by atoms with van der Waals surface area (Å²) in [6, 6.07) is 8.68. The average Bonchev–Trinajstić information content (AvgIpc) is 2.62. The summed E-state index contributed by atoms with van der Waals surface area (Å²) in [4.78, 5) is 12.7. The molecule has 2 aliphatic rings. The largest absolute Gasteiger partial charge is 0.481 e. The van der Waals surface area contributed by atoms with Gasteiger partial charge in [0.05, 0.1) is 11.7 Å². The average molecular weight is 374 g/mol. The Bertz CT molecular complexity index is 853. The summed E-state index contributed by atoms with van der Waals surface area (Å²) in [5.74, 6) is -2.52. The van der Waals surface area contributed by atoms with Crippen LogP contribution in [-0.2, 0) is 4.79 Å². The number of nitrogens with zero attached hydrogens (tertiary/aromatic N) is 1. The number of nitrogens with one attached hydrogen (secondary N) is 1. The van der Waals surface area contributed by atoms with Crippen LogP contribution >= 0.6 is 0 Å². The molecule has 2 aromatic rings. The number of anilines is 1. The van der Waals surface area contributed by atoms with Gasteiger partial charge in [-0.15, -0.1) is 0 Å². The summed E-state index contributed by atoms with van der Waals surface area (Å²) in [5.41, 5.74) is 2.70. The quantitative estimate of drug-likeness (QED) is 0.675. The van der Waals surface area contributed by atoms with Crippen molar-refractivity contribution in [2.75, 3.05) is 18.5 Å². The van der Waals surface area contributed by atoms with Crippen LogP contribution in [0.15, 0.2) is 30.3 Å². The third kappa shape index (κ3) is 3.41. The predicted octanol–water partition coefficient (Wildman–Crippen LogP) is 4.33. The Morgan fingerprint density at radius 2 is 1.85 bits per heavy atom. The van der Waals surface area contributed by atoms with Gasteiger partial charge in [-0.25, -0.2) is 8.78 Å². The Labute approximate surface area is 157 Å². The molecule has 144 valence electrons. The standard InChI is InChI=1S/C21H24F2N2O2/c1-12(2)25(3)21-16-15(13-8-5-4-6-9-13)18(22)19(23)17(21)20(16)24-11-7-10-14(26)27/h4-6,8-9,12,20,24H,7,10-11H2,1-3H3,(H,26,27). The van der Waals surface area contributed by atoms with Crippen LogP contribution in [0.5, 0.6) is 0 Å². The van der Waals surface area contributed by atoms with Gasteiger partial charge in [0.2, 0.25) is 0 Å². The minimum absolute atomic E-state index is 0.0365. The molecule has 0 saturated carbocycles. The molecule has 4 rings (SSSR count). The lowest BCUT2D eigenvalue weighted by Gasteiger charge is -2.42. The van der Waals surface area contributed by atoms with Gasteiger partial charge < -0.3 is 15.3 Å². The smallest absolute Gasteiger partial charge is 0.303 e. The van der Waals surface area contributed by atoms with E-state index in [4.69, 9.17) is 5.11 Å². The highest BCUT2D eigenvalue weighted by Crippen LogP contribution is 2.54. The Kier molecular flexibility index (Phi) is 5.46. The molecule has 6 heteroatoms. The van der Waals surface area contributed by atoms with Crippen molar-refractivity contribution in [1.82, 2.24) is 5.32 Å². The molecule has 0 saturated heterocycles. The fraction of sp³-hybridized carbons (Fsp3) is 0.381. The van der Waals surface area contributed by atoms with E-state index >= 15 is 0 Å². The van der Waals surface area contributed by atoms with Crippen LogP contribution in [0, 0.1) is 11.6 Å². The minimum Gasteiger partial charge on any atom is -0.481 e. The summed E-state index contributed by atoms with van der Waals surface area (Å²) >= 11 is 0. The van der Waals surface area contributed by atoms with Gasteiger partial charge in [-0.2, -0.15) is 0 Å². The Hall–Kier alpha value is -2.47. The van der Waals surface area contributed by atoms with E-state index < -0.39 is 23.6 Å². The first-order valence-electron chi connectivity index (χ1n) is 9.12. The molecule has 0 spiro atoms. The molecule has 1 unspecified atom stereocenters. The molecule has 27 heavy (non-hydrogen) atoms. The summed E-state index contributed by atoms with van der Waals surface area (Å²) in [6.07, 6.45) is 0.463. The van der Waals surface area contributed by atoms with Crippen molar-refractivity contribution in [3.63, 3.8) is 0 Å². The van der Waals surface area contributed by atoms with E-state index in [0.717, 1.165) is 11.3 Å². The Morgan fingerprint density at radius 3 is 2.44 bits per heavy atom. The van der Waals surface area contributed by atoms with Crippen molar-refractivity contribution in [3.05, 3.63) is 53.1 Å². The second kappa shape index (κ2) is 7.64. The van der Waals surface area contributed by atoms with Gasteiger partial charge in [0, 0.05) is 36.2 Å². The van der Waals surface area contributed by atoms with E-state index in [1.807, 2.05) is 31.9 Å². The lowest BCUT2D eigenvalue weighted by molar-refractivity contribution is -0.137. The summed E-state index contributed by atoms with van der Waals surface area (Å²) in [6.45, 7) is 4.41. The topological polar surface area (TPSA) is 52.6 Å². The van der Waals surface area contributed by atoms with Crippen LogP contribution < -0.4 is 10.2 Å². The van der Waals surface area contributed by atoms with Crippen molar-refractivity contribution >= 4 is 11.7 Å². The van der Waals surface area contributed by atoms with Gasteiger partial charge in [0.25, 0.3) is 0 Å². The molecule has 2 aromatic carbocycles. The van der Waals surface area contributed by atoms with Crippen molar-refractivity contribution in [1.29, 1.82) is 0 Å². The number of benzene rings is 2. The van der Waals surface area contributed by atoms with Crippen molar-refractivity contribution in [2.24, 2.45) is 0 Å². The van der Waals surface area contributed by atoms with Gasteiger partial charge in [0.1, 0.15) is 0 Å². The van der Waals surface area contributed by atoms with E-state index in [1.165, 1.54) is 0 Å². The summed E-state index contributed by atoms with van der Waals surface area (Å²) < 4.78 is 29.8. The first kappa shape index (κ1) is 19.3. The molecule has 2 N–H and O–H groups in total. The molecule has 4 nitrogen and oxygen atoms in total. The minimum atomic E-state index is -0.869. The van der Waals surface area contributed by atoms with E-state index in [0.29, 0.717) is 24.1 Å².